The lowest BCUT2D eigenvalue weighted by Crippen LogP contribution is -1.92. The van der Waals surface area contributed by atoms with Gasteiger partial charge in [-0.15, -0.1) is 0 Å². The third kappa shape index (κ3) is 2.71. The topological polar surface area (TPSA) is 63.1 Å². The molecule has 4 nitrogen and oxygen atoms in total. The molecule has 16 heavy (non-hydrogen) atoms. The Morgan fingerprint density at radius 3 is 2.50 bits per heavy atom. The first-order chi connectivity index (χ1) is 7.75. The molecule has 0 aliphatic carbocycles. The highest BCUT2D eigenvalue weighted by atomic mass is 32.2. The van der Waals surface area contributed by atoms with Crippen LogP contribution in [0, 0.1) is 0 Å². The van der Waals surface area contributed by atoms with Gasteiger partial charge in [0.1, 0.15) is 0 Å². The largest absolute Gasteiger partial charge is 0.306 e. The molecule has 0 aliphatic rings. The third-order valence-corrected chi connectivity index (χ3v) is 2.68. The van der Waals surface area contributed by atoms with E-state index in [0.717, 1.165) is 16.8 Å². The quantitative estimate of drug-likeness (QED) is 0.823. The summed E-state index contributed by atoms with van der Waals surface area (Å²) >= 11 is -1.80. The van der Waals surface area contributed by atoms with Crippen molar-refractivity contribution in [1.29, 1.82) is 0 Å². The number of nitrogens with zero attached hydrogens (tertiary/aromatic N) is 2. The molecular formula is C11H10N2O2S. The molecule has 1 aromatic heterocycles. The molecule has 0 amide bonds. The van der Waals surface area contributed by atoms with E-state index < -0.39 is 11.1 Å². The van der Waals surface area contributed by atoms with Crippen molar-refractivity contribution in [2.45, 2.75) is 5.75 Å². The molecule has 82 valence electrons. The van der Waals surface area contributed by atoms with Crippen molar-refractivity contribution in [2.75, 3.05) is 0 Å². The van der Waals surface area contributed by atoms with Crippen LogP contribution in [0.15, 0.2) is 42.9 Å². The Labute approximate surface area is 95.7 Å². The molecule has 5 heteroatoms. The van der Waals surface area contributed by atoms with E-state index >= 15 is 0 Å². The lowest BCUT2D eigenvalue weighted by Gasteiger charge is -2.01. The smallest absolute Gasteiger partial charge is 0.157 e. The molecule has 0 radical (unpaired) electrons. The van der Waals surface area contributed by atoms with Gasteiger partial charge in [-0.05, 0) is 5.56 Å². The summed E-state index contributed by atoms with van der Waals surface area (Å²) in [5.74, 6) is 0.154. The highest BCUT2D eigenvalue weighted by Crippen LogP contribution is 2.16. The van der Waals surface area contributed by atoms with Crippen LogP contribution in [0.25, 0.3) is 11.3 Å². The molecule has 0 spiro atoms. The highest BCUT2D eigenvalue weighted by molar-refractivity contribution is 7.78. The maximum atomic E-state index is 10.6. The van der Waals surface area contributed by atoms with Crippen LogP contribution in [-0.4, -0.2) is 18.7 Å². The van der Waals surface area contributed by atoms with E-state index in [1.165, 1.54) is 0 Å². The van der Waals surface area contributed by atoms with Gasteiger partial charge in [-0.1, -0.05) is 24.3 Å². The molecule has 1 unspecified atom stereocenters. The van der Waals surface area contributed by atoms with Crippen LogP contribution in [0.1, 0.15) is 5.56 Å². The predicted molar refractivity (Wildman–Crippen MR) is 61.9 cm³/mol. The molecule has 2 aromatic rings. The molecule has 0 bridgehead atoms. The van der Waals surface area contributed by atoms with Crippen molar-refractivity contribution in [3.05, 3.63) is 48.4 Å². The number of hydrogen-bond acceptors (Lipinski definition) is 3. The predicted octanol–water partition coefficient (Wildman–Crippen LogP) is 1.87. The van der Waals surface area contributed by atoms with Crippen molar-refractivity contribution in [2.24, 2.45) is 0 Å². The van der Waals surface area contributed by atoms with E-state index in [1.807, 2.05) is 24.3 Å². The van der Waals surface area contributed by atoms with Crippen LogP contribution in [0.4, 0.5) is 0 Å². The van der Waals surface area contributed by atoms with E-state index in [1.54, 1.807) is 18.6 Å². The lowest BCUT2D eigenvalue weighted by atomic mass is 10.1. The van der Waals surface area contributed by atoms with E-state index in [9.17, 15) is 4.21 Å². The first kappa shape index (κ1) is 10.9. The van der Waals surface area contributed by atoms with Gasteiger partial charge in [0.2, 0.25) is 0 Å². The first-order valence-electron chi connectivity index (χ1n) is 4.68. The van der Waals surface area contributed by atoms with Crippen molar-refractivity contribution in [3.63, 3.8) is 0 Å². The molecule has 0 saturated carbocycles. The average Bonchev–Trinajstić information content (AvgIpc) is 2.30. The van der Waals surface area contributed by atoms with Gasteiger partial charge in [0.25, 0.3) is 0 Å². The van der Waals surface area contributed by atoms with E-state index in [0.29, 0.717) is 0 Å². The monoisotopic (exact) mass is 234 g/mol. The summed E-state index contributed by atoms with van der Waals surface area (Å²) in [6.07, 6.45) is 4.93. The van der Waals surface area contributed by atoms with Crippen LogP contribution in [-0.2, 0) is 16.8 Å². The molecule has 1 N–H and O–H groups in total. The normalized spacial score (nSPS) is 12.3. The van der Waals surface area contributed by atoms with Crippen LogP contribution in [0.3, 0.4) is 0 Å². The van der Waals surface area contributed by atoms with Crippen LogP contribution in [0.2, 0.25) is 0 Å². The molecule has 1 aromatic carbocycles. The van der Waals surface area contributed by atoms with E-state index in [-0.39, 0.29) is 5.75 Å². The fourth-order valence-corrected chi connectivity index (χ4v) is 1.84. The Morgan fingerprint density at radius 2 is 1.94 bits per heavy atom. The zero-order chi connectivity index (χ0) is 11.4. The van der Waals surface area contributed by atoms with Crippen LogP contribution >= 0.6 is 0 Å². The lowest BCUT2D eigenvalue weighted by molar-refractivity contribution is 0.563. The van der Waals surface area contributed by atoms with Crippen molar-refractivity contribution in [1.82, 2.24) is 9.97 Å². The van der Waals surface area contributed by atoms with Gasteiger partial charge >= 0.3 is 0 Å². The Bertz CT molecular complexity index is 485. The number of rotatable bonds is 3. The van der Waals surface area contributed by atoms with Gasteiger partial charge in [-0.3, -0.25) is 9.97 Å². The maximum Gasteiger partial charge on any atom is 0.157 e. The molecule has 0 aliphatic heterocycles. The number of aromatic nitrogens is 2. The van der Waals surface area contributed by atoms with Gasteiger partial charge in [-0.2, -0.15) is 0 Å². The summed E-state index contributed by atoms with van der Waals surface area (Å²) in [4.78, 5) is 8.15. The maximum absolute atomic E-state index is 10.6. The molecular weight excluding hydrogens is 224 g/mol. The van der Waals surface area contributed by atoms with E-state index in [2.05, 4.69) is 9.97 Å². The second-order valence-electron chi connectivity index (χ2n) is 3.25. The Morgan fingerprint density at radius 1 is 1.19 bits per heavy atom. The van der Waals surface area contributed by atoms with E-state index in [4.69, 9.17) is 4.55 Å². The summed E-state index contributed by atoms with van der Waals surface area (Å²) in [6.45, 7) is 0. The molecule has 1 atom stereocenters. The van der Waals surface area contributed by atoms with Crippen LogP contribution < -0.4 is 0 Å². The van der Waals surface area contributed by atoms with Gasteiger partial charge in [0, 0.05) is 18.0 Å². The van der Waals surface area contributed by atoms with Gasteiger partial charge in [0.15, 0.2) is 11.1 Å². The third-order valence-electron chi connectivity index (χ3n) is 2.10. The molecule has 1 heterocycles. The minimum absolute atomic E-state index is 0.154. The molecule has 0 fully saturated rings. The SMILES string of the molecule is O=S(O)Cc1ccc(-c2cnccn2)cc1. The number of hydrogen-bond donors (Lipinski definition) is 1. The first-order valence-corrected chi connectivity index (χ1v) is 5.96. The minimum atomic E-state index is -1.80. The molecule has 0 saturated heterocycles. The van der Waals surface area contributed by atoms with Crippen molar-refractivity contribution >= 4 is 11.1 Å². The zero-order valence-electron chi connectivity index (χ0n) is 8.41. The second kappa shape index (κ2) is 4.96. The standard InChI is InChI=1S/C11H10N2O2S/c14-16(15)8-9-1-3-10(4-2-9)11-7-12-5-6-13-11/h1-7H,8H2,(H,14,15). The van der Waals surface area contributed by atoms with Crippen molar-refractivity contribution in [3.8, 4) is 11.3 Å². The molecule has 2 rings (SSSR count). The minimum Gasteiger partial charge on any atom is -0.306 e. The summed E-state index contributed by atoms with van der Waals surface area (Å²) in [5.41, 5.74) is 2.56. The van der Waals surface area contributed by atoms with Crippen LogP contribution in [0.5, 0.6) is 0 Å². The van der Waals surface area contributed by atoms with Gasteiger partial charge < -0.3 is 4.55 Å². The fraction of sp³-hybridized carbons (Fsp3) is 0.0909. The highest BCUT2D eigenvalue weighted by Gasteiger charge is 2.01. The Balaban J connectivity index is 2.23. The second-order valence-corrected chi connectivity index (χ2v) is 4.19. The van der Waals surface area contributed by atoms with Crippen molar-refractivity contribution < 1.29 is 8.76 Å². The summed E-state index contributed by atoms with van der Waals surface area (Å²) in [6, 6.07) is 7.37. The van der Waals surface area contributed by atoms with Gasteiger partial charge in [0.05, 0.1) is 17.6 Å². The fourth-order valence-electron chi connectivity index (χ4n) is 1.36. The Kier molecular flexibility index (Phi) is 3.38. The zero-order valence-corrected chi connectivity index (χ0v) is 9.22. The Hall–Kier alpha value is -1.59. The number of benzene rings is 1. The summed E-state index contributed by atoms with van der Waals surface area (Å²) < 4.78 is 19.4. The average molecular weight is 234 g/mol. The van der Waals surface area contributed by atoms with Gasteiger partial charge in [-0.25, -0.2) is 4.21 Å². The summed E-state index contributed by atoms with van der Waals surface area (Å²) in [5, 5.41) is 0. The summed E-state index contributed by atoms with van der Waals surface area (Å²) in [7, 11) is 0.